The van der Waals surface area contributed by atoms with Crippen LogP contribution < -0.4 is 21.3 Å². The fourth-order valence-electron chi connectivity index (χ4n) is 10.6. The molecule has 12 atom stereocenters. The molecule has 1 aliphatic carbocycles. The number of likely N-dealkylation sites (tertiary alicyclic amines) is 2. The van der Waals surface area contributed by atoms with Gasteiger partial charge in [-0.25, -0.2) is 4.79 Å². The number of carboxylic acids is 1. The Labute approximate surface area is 391 Å². The lowest BCUT2D eigenvalue weighted by Crippen LogP contribution is -2.60. The first-order valence-corrected chi connectivity index (χ1v) is 24.3. The molecule has 2 bridgehead atoms. The number of amides is 6. The molecule has 5 N–H and O–H groups in total. The van der Waals surface area contributed by atoms with Gasteiger partial charge in [0, 0.05) is 59.8 Å². The molecule has 1 saturated carbocycles. The standard InChI is InChI=1S/C49H77N7O10/c1-9-30(4)42(38(65-7)27-40(58)55-24-16-19-37(55)44(66-8)31(5)45(59)52-35(49(63)64)25-32-17-12-10-13-18-32)54(6)48(62)41(29(2)3)53-47(61)43-33-21-22-34(26-33)56(43)39(57)20-14-11-15-23-50-46(60)36-28-51-36/h10,12-13,17-18,29-31,33-38,41-44,51H,9,11,14-16,19-28H2,1-8H3,(H,50,60)(H,52,59)(H,53,61)(H,63,64)/t30-,31+,33-,34+,35-,36-,37?,38+,41-,42-,43-,44+/m0/s1. The molecule has 368 valence electrons. The number of carbonyl (C=O) groups is 7. The number of carboxylic acid groups (broad SMARTS) is 1. The molecule has 3 heterocycles. The molecular formula is C49H77N7O10. The maximum Gasteiger partial charge on any atom is 0.326 e. The lowest BCUT2D eigenvalue weighted by molar-refractivity contribution is -0.149. The van der Waals surface area contributed by atoms with Gasteiger partial charge in [-0.1, -0.05) is 77.8 Å². The molecular weight excluding hydrogens is 847 g/mol. The average molecular weight is 924 g/mol. The lowest BCUT2D eigenvalue weighted by Gasteiger charge is -2.41. The van der Waals surface area contributed by atoms with Gasteiger partial charge >= 0.3 is 5.97 Å². The zero-order valence-electron chi connectivity index (χ0n) is 40.5. The summed E-state index contributed by atoms with van der Waals surface area (Å²) in [6, 6.07) is 5.29. The number of hydrogen-bond acceptors (Lipinski definition) is 10. The number of piperidine rings is 1. The zero-order valence-corrected chi connectivity index (χ0v) is 40.5. The number of nitrogens with one attached hydrogen (secondary N) is 4. The molecule has 4 aliphatic rings. The number of nitrogens with zero attached hydrogens (tertiary/aromatic N) is 3. The zero-order chi connectivity index (χ0) is 48.2. The molecule has 1 aromatic carbocycles. The molecule has 0 spiro atoms. The molecule has 0 radical (unpaired) electrons. The van der Waals surface area contributed by atoms with Crippen LogP contribution in [0.2, 0.25) is 0 Å². The number of fused-ring (bicyclic) bond motifs is 2. The minimum atomic E-state index is -1.15. The van der Waals surface area contributed by atoms with Crippen LogP contribution in [0.4, 0.5) is 0 Å². The van der Waals surface area contributed by atoms with Crippen molar-refractivity contribution in [3.05, 3.63) is 35.9 Å². The summed E-state index contributed by atoms with van der Waals surface area (Å²) in [6.45, 7) is 11.2. The van der Waals surface area contributed by atoms with Crippen molar-refractivity contribution in [1.82, 2.24) is 36.0 Å². The van der Waals surface area contributed by atoms with E-state index in [4.69, 9.17) is 9.47 Å². The van der Waals surface area contributed by atoms with E-state index in [0.717, 1.165) is 37.7 Å². The van der Waals surface area contributed by atoms with Crippen LogP contribution in [-0.2, 0) is 49.5 Å². The summed E-state index contributed by atoms with van der Waals surface area (Å²) < 4.78 is 12.0. The highest BCUT2D eigenvalue weighted by atomic mass is 16.5. The fourth-order valence-corrected chi connectivity index (χ4v) is 10.6. The van der Waals surface area contributed by atoms with E-state index in [-0.39, 0.29) is 72.2 Å². The normalized spacial score (nSPS) is 24.2. The number of likely N-dealkylation sites (N-methyl/N-ethyl adjacent to an activating group) is 1. The number of rotatable bonds is 26. The van der Waals surface area contributed by atoms with E-state index in [1.807, 2.05) is 58.0 Å². The quantitative estimate of drug-likeness (QED) is 0.0671. The highest BCUT2D eigenvalue weighted by Gasteiger charge is 2.52. The van der Waals surface area contributed by atoms with E-state index in [2.05, 4.69) is 21.3 Å². The number of hydrogen-bond donors (Lipinski definition) is 5. The van der Waals surface area contributed by atoms with E-state index in [1.165, 1.54) is 14.2 Å². The Bertz CT molecular complexity index is 1830. The van der Waals surface area contributed by atoms with Crippen LogP contribution in [0.5, 0.6) is 0 Å². The summed E-state index contributed by atoms with van der Waals surface area (Å²) in [6.07, 6.45) is 5.55. The van der Waals surface area contributed by atoms with Crippen molar-refractivity contribution in [2.24, 2.45) is 23.7 Å². The molecule has 17 heteroatoms. The number of aliphatic carboxylic acids is 1. The first kappa shape index (κ1) is 52.4. The van der Waals surface area contributed by atoms with Gasteiger partial charge in [0.05, 0.1) is 42.7 Å². The van der Waals surface area contributed by atoms with E-state index in [9.17, 15) is 38.7 Å². The minimum absolute atomic E-state index is 0.00167. The third kappa shape index (κ3) is 13.1. The maximum absolute atomic E-state index is 14.6. The highest BCUT2D eigenvalue weighted by Crippen LogP contribution is 2.43. The summed E-state index contributed by atoms with van der Waals surface area (Å²) in [7, 11) is 4.71. The topological polar surface area (TPSA) is 226 Å². The average Bonchev–Trinajstić information content (AvgIpc) is 3.67. The van der Waals surface area contributed by atoms with Crippen LogP contribution >= 0.6 is 0 Å². The highest BCUT2D eigenvalue weighted by molar-refractivity contribution is 5.93. The summed E-state index contributed by atoms with van der Waals surface area (Å²) in [5.74, 6) is -3.68. The smallest absolute Gasteiger partial charge is 0.326 e. The number of ether oxygens (including phenoxy) is 2. The third-order valence-electron chi connectivity index (χ3n) is 14.6. The minimum Gasteiger partial charge on any atom is -0.480 e. The second kappa shape index (κ2) is 24.4. The van der Waals surface area contributed by atoms with Gasteiger partial charge in [-0.3, -0.25) is 28.8 Å². The molecule has 3 saturated heterocycles. The summed E-state index contributed by atoms with van der Waals surface area (Å²) in [5.41, 5.74) is 0.773. The molecule has 17 nitrogen and oxygen atoms in total. The second-order valence-corrected chi connectivity index (χ2v) is 19.4. The van der Waals surface area contributed by atoms with E-state index in [0.29, 0.717) is 51.7 Å². The lowest BCUT2D eigenvalue weighted by atomic mass is 9.89. The number of benzene rings is 1. The monoisotopic (exact) mass is 924 g/mol. The van der Waals surface area contributed by atoms with E-state index >= 15 is 0 Å². The Morgan fingerprint density at radius 3 is 2.24 bits per heavy atom. The van der Waals surface area contributed by atoms with Gasteiger partial charge in [0.15, 0.2) is 0 Å². The summed E-state index contributed by atoms with van der Waals surface area (Å²) in [5, 5.41) is 21.6. The first-order valence-electron chi connectivity index (χ1n) is 24.3. The number of carbonyl (C=O) groups excluding carboxylic acids is 6. The number of methoxy groups -OCH3 is 2. The van der Waals surface area contributed by atoms with Crippen LogP contribution in [0.3, 0.4) is 0 Å². The Kier molecular flexibility index (Phi) is 19.4. The van der Waals surface area contributed by atoms with Gasteiger partial charge in [-0.2, -0.15) is 0 Å². The van der Waals surface area contributed by atoms with Crippen LogP contribution in [0.1, 0.15) is 111 Å². The predicted molar refractivity (Wildman–Crippen MR) is 248 cm³/mol. The summed E-state index contributed by atoms with van der Waals surface area (Å²) >= 11 is 0. The first-order chi connectivity index (χ1) is 31.5. The molecule has 4 fully saturated rings. The van der Waals surface area contributed by atoms with E-state index < -0.39 is 60.2 Å². The SMILES string of the molecule is CC[C@H](C)[C@@H]([C@@H](CC(=O)N1CCCC1[C@H](OC)[C@@H](C)C(=O)N[C@@H](Cc1ccccc1)C(=O)O)OC)N(C)C(=O)[C@@H](NC(=O)[C@@H]1[C@H]2CC[C@H](C2)N1C(=O)CCCCCNC(=O)[C@@H]1CN1)C(C)C. The molecule has 0 aromatic heterocycles. The van der Waals surface area contributed by atoms with Crippen molar-refractivity contribution in [1.29, 1.82) is 0 Å². The molecule has 1 aromatic rings. The van der Waals surface area contributed by atoms with Crippen molar-refractivity contribution >= 4 is 41.4 Å². The van der Waals surface area contributed by atoms with Gasteiger partial charge in [0.2, 0.25) is 35.4 Å². The molecule has 1 unspecified atom stereocenters. The molecule has 3 aliphatic heterocycles. The van der Waals surface area contributed by atoms with Crippen LogP contribution in [-0.4, -0.2) is 157 Å². The third-order valence-corrected chi connectivity index (χ3v) is 14.6. The Morgan fingerprint density at radius 1 is 0.909 bits per heavy atom. The largest absolute Gasteiger partial charge is 0.480 e. The van der Waals surface area contributed by atoms with Crippen molar-refractivity contribution in [2.75, 3.05) is 40.9 Å². The van der Waals surface area contributed by atoms with Gasteiger partial charge in [0.25, 0.3) is 0 Å². The summed E-state index contributed by atoms with van der Waals surface area (Å²) in [4.78, 5) is 99.8. The Morgan fingerprint density at radius 2 is 1.62 bits per heavy atom. The Balaban J connectivity index is 1.22. The van der Waals surface area contributed by atoms with Crippen LogP contribution in [0, 0.1) is 23.7 Å². The van der Waals surface area contributed by atoms with Gasteiger partial charge in [-0.05, 0) is 68.3 Å². The molecule has 66 heavy (non-hydrogen) atoms. The maximum atomic E-state index is 14.6. The second-order valence-electron chi connectivity index (χ2n) is 19.4. The van der Waals surface area contributed by atoms with Crippen molar-refractivity contribution < 1.29 is 48.1 Å². The predicted octanol–water partition coefficient (Wildman–Crippen LogP) is 2.89. The van der Waals surface area contributed by atoms with Crippen molar-refractivity contribution in [3.8, 4) is 0 Å². The van der Waals surface area contributed by atoms with E-state index in [1.54, 1.807) is 28.7 Å². The van der Waals surface area contributed by atoms with Crippen LogP contribution in [0.25, 0.3) is 0 Å². The number of unbranched alkanes of at least 4 members (excludes halogenated alkanes) is 2. The molecule has 6 amide bonds. The fraction of sp³-hybridized carbons (Fsp3) is 0.735. The van der Waals surface area contributed by atoms with Crippen LogP contribution in [0.15, 0.2) is 30.3 Å². The van der Waals surface area contributed by atoms with Gasteiger partial charge < -0.3 is 50.5 Å². The van der Waals surface area contributed by atoms with Gasteiger partial charge in [0.1, 0.15) is 18.1 Å². The van der Waals surface area contributed by atoms with Gasteiger partial charge in [-0.15, -0.1) is 0 Å². The molecule has 5 rings (SSSR count). The Hall–Kier alpha value is -4.61. The van der Waals surface area contributed by atoms with Crippen molar-refractivity contribution in [3.63, 3.8) is 0 Å². The van der Waals surface area contributed by atoms with Crippen molar-refractivity contribution in [2.45, 2.75) is 166 Å².